The summed E-state index contributed by atoms with van der Waals surface area (Å²) in [5.74, 6) is 0. The van der Waals surface area contributed by atoms with Crippen molar-refractivity contribution >= 4 is 42.1 Å². The Morgan fingerprint density at radius 3 is 0.812 bits per heavy atom. The largest absolute Gasteiger partial charge is 0.469 e. The molecule has 0 N–H and O–H groups in total. The Bertz CT molecular complexity index is 722. The van der Waals surface area contributed by atoms with E-state index < -0.39 is 42.1 Å². The van der Waals surface area contributed by atoms with Gasteiger partial charge in [0.1, 0.15) is 0 Å². The summed E-state index contributed by atoms with van der Waals surface area (Å²) in [5, 5.41) is 0. The minimum Gasteiger partial charge on any atom is -0.418 e. The first-order valence-electron chi connectivity index (χ1n) is 20.6. The molecule has 290 valence electrons. The molecule has 0 saturated heterocycles. The minimum atomic E-state index is -3.20. The molecule has 0 amide bonds. The van der Waals surface area contributed by atoms with Gasteiger partial charge < -0.3 is 16.8 Å². The molecule has 0 radical (unpaired) electrons. The molecule has 0 aromatic heterocycles. The highest BCUT2D eigenvalue weighted by molar-refractivity contribution is 6.94. The quantitative estimate of drug-likeness (QED) is 0.0649. The molecule has 0 atom stereocenters. The maximum absolute atomic E-state index is 8.22. The lowest BCUT2D eigenvalue weighted by molar-refractivity contribution is 0.216. The van der Waals surface area contributed by atoms with Gasteiger partial charge >= 0.3 is 8.80 Å². The Balaban J connectivity index is 7.21. The van der Waals surface area contributed by atoms with Crippen molar-refractivity contribution in [1.82, 2.24) is 0 Å². The Morgan fingerprint density at radius 2 is 0.583 bits per heavy atom. The molecule has 0 heterocycles. The van der Waals surface area contributed by atoms with Crippen LogP contribution in [0.3, 0.4) is 0 Å². The molecule has 4 nitrogen and oxygen atoms in total. The van der Waals surface area contributed by atoms with Gasteiger partial charge in [0.05, 0.1) is 0 Å². The molecule has 0 spiro atoms. The van der Waals surface area contributed by atoms with Crippen LogP contribution in [0, 0.1) is 0 Å². The van der Waals surface area contributed by atoms with E-state index in [-0.39, 0.29) is 0 Å². The van der Waals surface area contributed by atoms with Crippen LogP contribution in [-0.4, -0.2) is 48.7 Å². The number of rotatable bonds is 26. The fraction of sp³-hybridized carbons (Fsp3) is 1.00. The van der Waals surface area contributed by atoms with Gasteiger partial charge in [0.2, 0.25) is 0 Å². The third-order valence-electron chi connectivity index (χ3n) is 12.2. The highest BCUT2D eigenvalue weighted by Crippen LogP contribution is 2.53. The number of hydrogen-bond donors (Lipinski definition) is 0. The normalized spacial score (nSPS) is 14.6. The molecule has 0 unspecified atom stereocenters. The average Bonchev–Trinajstić information content (AvgIpc) is 2.92. The lowest BCUT2D eigenvalue weighted by Crippen LogP contribution is -2.69. The van der Waals surface area contributed by atoms with Crippen LogP contribution >= 0.6 is 0 Å². The van der Waals surface area contributed by atoms with Gasteiger partial charge in [-0.2, -0.15) is 0 Å². The van der Waals surface area contributed by atoms with Crippen LogP contribution in [-0.2, 0) is 16.8 Å². The lowest BCUT2D eigenvalue weighted by atomic mass is 10.1. The third kappa shape index (κ3) is 12.2. The predicted molar refractivity (Wildman–Crippen MR) is 229 cm³/mol. The molecule has 0 aromatic rings. The summed E-state index contributed by atoms with van der Waals surface area (Å²) in [6, 6.07) is 2.25. The standard InChI is InChI=1S/C39H90O4Si5/c1-22-40-44(20,21)29-27-25-23-24-26-28-30-45(41-46(31(2)3,32(4)5)33(6)7,42-47(34(8)9,35(10)11)36(12)13)43-48(37(14)15,38(16)17)39(18)19/h31-39H,22-30H2,1-21H3. The van der Waals surface area contributed by atoms with Crippen LogP contribution in [0.25, 0.3) is 0 Å². The van der Waals surface area contributed by atoms with Gasteiger partial charge in [0.25, 0.3) is 0 Å². The number of hydrogen-bond acceptors (Lipinski definition) is 4. The monoisotopic (exact) mass is 763 g/mol. The van der Waals surface area contributed by atoms with Gasteiger partial charge in [0, 0.05) is 12.7 Å². The van der Waals surface area contributed by atoms with Gasteiger partial charge in [0.15, 0.2) is 33.3 Å². The van der Waals surface area contributed by atoms with Crippen molar-refractivity contribution in [3.63, 3.8) is 0 Å². The van der Waals surface area contributed by atoms with Crippen LogP contribution in [0.5, 0.6) is 0 Å². The summed E-state index contributed by atoms with van der Waals surface area (Å²) in [4.78, 5) is 0. The van der Waals surface area contributed by atoms with Crippen molar-refractivity contribution in [3.8, 4) is 0 Å². The second-order valence-corrected chi connectivity index (χ2v) is 42.9. The molecule has 0 rings (SSSR count). The molecular weight excluding hydrogens is 673 g/mol. The summed E-state index contributed by atoms with van der Waals surface area (Å²) in [6.07, 6.45) is 7.58. The van der Waals surface area contributed by atoms with Gasteiger partial charge in [-0.3, -0.25) is 0 Å². The SMILES string of the molecule is CCO[Si](C)(C)CCCCCCCC[Si](O[Si](C(C)C)(C(C)C)C(C)C)(O[Si](C(C)C)(C(C)C)C(C)C)O[Si](C(C)C)(C(C)C)C(C)C. The van der Waals surface area contributed by atoms with E-state index in [1.54, 1.807) is 0 Å². The summed E-state index contributed by atoms with van der Waals surface area (Å²) in [6.45, 7) is 51.7. The minimum absolute atomic E-state index is 0.488. The molecule has 9 heteroatoms. The van der Waals surface area contributed by atoms with E-state index in [2.05, 4.69) is 145 Å². The highest BCUT2D eigenvalue weighted by Gasteiger charge is 2.63. The highest BCUT2D eigenvalue weighted by atomic mass is 28.5. The van der Waals surface area contributed by atoms with Gasteiger partial charge in [-0.15, -0.1) is 0 Å². The molecule has 0 fully saturated rings. The maximum atomic E-state index is 8.22. The van der Waals surface area contributed by atoms with Gasteiger partial charge in [-0.05, 0) is 82.4 Å². The summed E-state index contributed by atoms with van der Waals surface area (Å²) in [7, 11) is -11.7. The van der Waals surface area contributed by atoms with Crippen LogP contribution in [0.4, 0.5) is 0 Å². The molecule has 0 aliphatic rings. The molecule has 0 aliphatic heterocycles. The smallest absolute Gasteiger partial charge is 0.418 e. The first kappa shape index (κ1) is 48.9. The zero-order chi connectivity index (χ0) is 37.9. The summed E-state index contributed by atoms with van der Waals surface area (Å²) < 4.78 is 30.8. The third-order valence-corrected chi connectivity index (χ3v) is 40.0. The van der Waals surface area contributed by atoms with E-state index in [0.29, 0.717) is 49.9 Å². The van der Waals surface area contributed by atoms with Gasteiger partial charge in [-0.25, -0.2) is 0 Å². The zero-order valence-corrected chi connectivity index (χ0v) is 41.7. The molecule has 0 aromatic carbocycles. The van der Waals surface area contributed by atoms with Crippen LogP contribution in [0.2, 0.25) is 75.1 Å². The van der Waals surface area contributed by atoms with E-state index in [4.69, 9.17) is 16.8 Å². The van der Waals surface area contributed by atoms with Crippen molar-refractivity contribution in [2.24, 2.45) is 0 Å². The second-order valence-electron chi connectivity index (χ2n) is 18.8. The average molecular weight is 764 g/mol. The first-order valence-corrected chi connectivity index (χ1v) is 32.1. The van der Waals surface area contributed by atoms with Gasteiger partial charge in [-0.1, -0.05) is 157 Å². The lowest BCUT2D eigenvalue weighted by Gasteiger charge is -2.56. The molecular formula is C39H90O4Si5. The zero-order valence-electron chi connectivity index (χ0n) is 36.7. The number of unbranched alkanes of at least 4 members (excludes halogenated alkanes) is 5. The van der Waals surface area contributed by atoms with Crippen LogP contribution in [0.15, 0.2) is 0 Å². The molecule has 0 aliphatic carbocycles. The van der Waals surface area contributed by atoms with E-state index >= 15 is 0 Å². The summed E-state index contributed by atoms with van der Waals surface area (Å²) in [5.41, 5.74) is 4.40. The summed E-state index contributed by atoms with van der Waals surface area (Å²) >= 11 is 0. The van der Waals surface area contributed by atoms with Crippen molar-refractivity contribution in [2.75, 3.05) is 6.61 Å². The Hall–Kier alpha value is 0.924. The van der Waals surface area contributed by atoms with Crippen molar-refractivity contribution in [2.45, 2.75) is 245 Å². The maximum Gasteiger partial charge on any atom is 0.469 e. The van der Waals surface area contributed by atoms with Crippen molar-refractivity contribution < 1.29 is 16.8 Å². The molecule has 0 saturated carbocycles. The van der Waals surface area contributed by atoms with Crippen LogP contribution < -0.4 is 0 Å². The fourth-order valence-corrected chi connectivity index (χ4v) is 42.7. The Morgan fingerprint density at radius 1 is 0.354 bits per heavy atom. The van der Waals surface area contributed by atoms with Crippen molar-refractivity contribution in [1.29, 1.82) is 0 Å². The van der Waals surface area contributed by atoms with Crippen LogP contribution in [0.1, 0.15) is 170 Å². The second kappa shape index (κ2) is 21.0. The Labute approximate surface area is 309 Å². The van der Waals surface area contributed by atoms with E-state index in [9.17, 15) is 0 Å². The molecule has 48 heavy (non-hydrogen) atoms. The molecule has 0 bridgehead atoms. The topological polar surface area (TPSA) is 36.9 Å². The Kier molecular flexibility index (Phi) is 21.4. The van der Waals surface area contributed by atoms with Crippen molar-refractivity contribution in [3.05, 3.63) is 0 Å². The van der Waals surface area contributed by atoms with E-state index in [1.165, 1.54) is 38.1 Å². The van der Waals surface area contributed by atoms with E-state index in [0.717, 1.165) is 19.1 Å². The predicted octanol–water partition coefficient (Wildman–Crippen LogP) is 15.1. The van der Waals surface area contributed by atoms with E-state index in [1.807, 2.05) is 0 Å². The first-order chi connectivity index (χ1) is 21.9. The fourth-order valence-electron chi connectivity index (χ4n) is 10.1.